The minimum Gasteiger partial charge on any atom is -0.483 e. The monoisotopic (exact) mass is 634 g/mol. The third-order valence-electron chi connectivity index (χ3n) is 8.30. The zero-order chi connectivity index (χ0) is 31.2. The molecule has 0 bridgehead atoms. The first-order valence-electron chi connectivity index (χ1n) is 14.7. The Hall–Kier alpha value is -1.60. The number of hydrogen-bond acceptors (Lipinski definition) is 8. The molecule has 2 saturated carbocycles. The topological polar surface area (TPSA) is 86.4 Å². The molecule has 0 unspecified atom stereocenters. The van der Waals surface area contributed by atoms with Crippen LogP contribution in [0.5, 0.6) is 0 Å². The Balaban J connectivity index is 0.000000293. The van der Waals surface area contributed by atoms with Crippen LogP contribution in [0.15, 0.2) is 20.0 Å². The average molecular weight is 635 g/mol. The molecule has 0 N–H and O–H groups in total. The van der Waals surface area contributed by atoms with Crippen molar-refractivity contribution in [1.29, 1.82) is 0 Å². The van der Waals surface area contributed by atoms with Crippen LogP contribution < -0.4 is 0 Å². The Kier molecular flexibility index (Phi) is 14.1. The number of rotatable bonds is 6. The molecule has 0 aromatic rings. The van der Waals surface area contributed by atoms with Crippen molar-refractivity contribution < 1.29 is 36.0 Å². The van der Waals surface area contributed by atoms with Crippen molar-refractivity contribution in [3.05, 3.63) is 63.2 Å². The van der Waals surface area contributed by atoms with Gasteiger partial charge >= 0.3 is 17.1 Å². The fourth-order valence-electron chi connectivity index (χ4n) is 5.45. The molecule has 9 heteroatoms. The SMILES string of the molecule is COC1=N[C@H](C(C)(C)[C]2[CH][CH][CH][CH]2)C(OC)=N[C@H]1C(C)C.COC1=N[C@H](C(C)(C)[C]2[CH][CH][CH][CH]2)C(OC)=N[C@H]1C(C)C.[Fe+2]. The normalized spacial score (nSPS) is 26.9. The summed E-state index contributed by atoms with van der Waals surface area (Å²) in [5.41, 5.74) is -0.409. The maximum absolute atomic E-state index is 5.55. The molecular weight excluding hydrogens is 584 g/mol. The Labute approximate surface area is 272 Å². The van der Waals surface area contributed by atoms with Crippen LogP contribution in [-0.2, 0) is 36.0 Å². The second-order valence-corrected chi connectivity index (χ2v) is 12.7. The van der Waals surface area contributed by atoms with Gasteiger partial charge in [0.05, 0.1) is 28.4 Å². The second-order valence-electron chi connectivity index (χ2n) is 12.7. The van der Waals surface area contributed by atoms with Gasteiger partial charge in [-0.25, -0.2) is 20.0 Å². The summed E-state index contributed by atoms with van der Waals surface area (Å²) in [4.78, 5) is 19.1. The van der Waals surface area contributed by atoms with Gasteiger partial charge in [-0.2, -0.15) is 0 Å². The fraction of sp³-hybridized carbons (Fsp3) is 0.588. The number of hydrogen-bond donors (Lipinski definition) is 0. The minimum absolute atomic E-state index is 0. The Morgan fingerprint density at radius 1 is 0.512 bits per heavy atom. The van der Waals surface area contributed by atoms with E-state index in [9.17, 15) is 0 Å². The summed E-state index contributed by atoms with van der Waals surface area (Å²) in [6.45, 7) is 17.1. The van der Waals surface area contributed by atoms with Crippen molar-refractivity contribution >= 4 is 23.6 Å². The van der Waals surface area contributed by atoms with Gasteiger partial charge in [-0.05, 0) is 75.0 Å². The van der Waals surface area contributed by atoms with Crippen LogP contribution in [-0.4, -0.2) is 76.2 Å². The zero-order valence-corrected chi connectivity index (χ0v) is 29.0. The van der Waals surface area contributed by atoms with Crippen LogP contribution in [0.1, 0.15) is 55.4 Å². The molecule has 2 aliphatic carbocycles. The van der Waals surface area contributed by atoms with E-state index in [1.807, 2.05) is 25.7 Å². The summed E-state index contributed by atoms with van der Waals surface area (Å²) in [5.74, 6) is 5.82. The summed E-state index contributed by atoms with van der Waals surface area (Å²) in [7, 11) is 6.65. The Morgan fingerprint density at radius 2 is 0.791 bits per heavy atom. The first-order chi connectivity index (χ1) is 19.8. The molecule has 2 fully saturated rings. The van der Waals surface area contributed by atoms with Gasteiger partial charge in [0.2, 0.25) is 23.6 Å². The molecule has 236 valence electrons. The summed E-state index contributed by atoms with van der Waals surface area (Å²) >= 11 is 0. The van der Waals surface area contributed by atoms with Gasteiger partial charge < -0.3 is 18.9 Å². The van der Waals surface area contributed by atoms with E-state index < -0.39 is 0 Å². The minimum atomic E-state index is -0.204. The van der Waals surface area contributed by atoms with Crippen molar-refractivity contribution in [1.82, 2.24) is 0 Å². The number of ether oxygens (including phenoxy) is 4. The van der Waals surface area contributed by atoms with Gasteiger partial charge in [-0.15, -0.1) is 0 Å². The predicted octanol–water partition coefficient (Wildman–Crippen LogP) is 5.83. The van der Waals surface area contributed by atoms with Gasteiger partial charge in [-0.1, -0.05) is 55.4 Å². The van der Waals surface area contributed by atoms with Crippen molar-refractivity contribution in [2.75, 3.05) is 28.4 Å². The predicted molar refractivity (Wildman–Crippen MR) is 171 cm³/mol. The molecule has 2 aliphatic heterocycles. The standard InChI is InChI=1S/2C17H25N2O2.Fe/c2*1-11(2)13-15(20-5)19-14(16(18-13)21-6)17(3,4)12-9-7-8-10-12;/h2*7-11,13-14H,1-6H3;/q;;+2/t2*13-,14-;/m00./s1. The smallest absolute Gasteiger partial charge is 0.483 e. The molecule has 4 aliphatic rings. The molecule has 0 aromatic carbocycles. The molecule has 8 nitrogen and oxygen atoms in total. The van der Waals surface area contributed by atoms with Crippen molar-refractivity contribution in [3.63, 3.8) is 0 Å². The van der Waals surface area contributed by atoms with Crippen LogP contribution in [0.2, 0.25) is 0 Å². The quantitative estimate of drug-likeness (QED) is 0.345. The van der Waals surface area contributed by atoms with E-state index in [1.54, 1.807) is 28.4 Å². The average Bonchev–Trinajstić information content (AvgIpc) is 3.71. The van der Waals surface area contributed by atoms with Crippen molar-refractivity contribution in [2.24, 2.45) is 42.6 Å². The number of aliphatic imine (C=N–C) groups is 4. The number of nitrogens with zero attached hydrogens (tertiary/aromatic N) is 4. The van der Waals surface area contributed by atoms with Gasteiger partial charge in [0.1, 0.15) is 24.2 Å². The van der Waals surface area contributed by atoms with E-state index in [4.69, 9.17) is 38.9 Å². The molecule has 0 spiro atoms. The molecular formula is C34H50FeN4O4+2. The summed E-state index contributed by atoms with van der Waals surface area (Å²) in [5, 5.41) is 0. The van der Waals surface area contributed by atoms with E-state index in [1.165, 1.54) is 11.8 Å². The third kappa shape index (κ3) is 8.36. The van der Waals surface area contributed by atoms with Gasteiger partial charge in [0, 0.05) is 10.8 Å². The number of methoxy groups -OCH3 is 4. The molecule has 4 rings (SSSR count). The Bertz CT molecular complexity index is 928. The maximum atomic E-state index is 5.55. The van der Waals surface area contributed by atoms with Crippen LogP contribution >= 0.6 is 0 Å². The van der Waals surface area contributed by atoms with E-state index in [-0.39, 0.29) is 52.1 Å². The first kappa shape index (κ1) is 37.6. The molecule has 0 amide bonds. The van der Waals surface area contributed by atoms with E-state index >= 15 is 0 Å². The van der Waals surface area contributed by atoms with Crippen LogP contribution in [0, 0.1) is 85.9 Å². The van der Waals surface area contributed by atoms with Crippen LogP contribution in [0.3, 0.4) is 0 Å². The van der Waals surface area contributed by atoms with E-state index in [2.05, 4.69) is 81.1 Å². The summed E-state index contributed by atoms with van der Waals surface area (Å²) in [6, 6.07) is -0.488. The zero-order valence-electron chi connectivity index (χ0n) is 27.9. The molecule has 43 heavy (non-hydrogen) atoms. The van der Waals surface area contributed by atoms with Crippen molar-refractivity contribution in [3.8, 4) is 0 Å². The van der Waals surface area contributed by atoms with Gasteiger partial charge in [0.15, 0.2) is 0 Å². The maximum Gasteiger partial charge on any atom is 2.00 e. The van der Waals surface area contributed by atoms with E-state index in [0.29, 0.717) is 35.4 Å². The van der Waals surface area contributed by atoms with E-state index in [0.717, 1.165) is 0 Å². The molecule has 10 radical (unpaired) electrons. The van der Waals surface area contributed by atoms with Crippen LogP contribution in [0.25, 0.3) is 0 Å². The molecule has 0 aromatic heterocycles. The third-order valence-corrected chi connectivity index (χ3v) is 8.30. The molecule has 4 atom stereocenters. The van der Waals surface area contributed by atoms with Gasteiger partial charge in [-0.3, -0.25) is 0 Å². The fourth-order valence-corrected chi connectivity index (χ4v) is 5.45. The largest absolute Gasteiger partial charge is 2.00 e. The molecule has 2 heterocycles. The van der Waals surface area contributed by atoms with Gasteiger partial charge in [0.25, 0.3) is 0 Å². The summed E-state index contributed by atoms with van der Waals surface area (Å²) < 4.78 is 22.1. The molecule has 0 saturated heterocycles. The first-order valence-corrected chi connectivity index (χ1v) is 14.7. The Morgan fingerprint density at radius 3 is 1.02 bits per heavy atom. The second kappa shape index (κ2) is 16.1. The van der Waals surface area contributed by atoms with Crippen molar-refractivity contribution in [2.45, 2.75) is 79.6 Å². The van der Waals surface area contributed by atoms with Crippen LogP contribution in [0.4, 0.5) is 0 Å². The summed E-state index contributed by atoms with van der Waals surface area (Å²) in [6.07, 6.45) is 16.6.